The molecule has 148 valence electrons. The van der Waals surface area contributed by atoms with Crippen molar-refractivity contribution in [3.63, 3.8) is 0 Å². The Labute approximate surface area is 161 Å². The average molecular weight is 387 g/mol. The molecule has 0 saturated heterocycles. The van der Waals surface area contributed by atoms with Gasteiger partial charge in [0.15, 0.2) is 11.5 Å². The van der Waals surface area contributed by atoms with Crippen molar-refractivity contribution >= 4 is 17.5 Å². The number of nitrogens with one attached hydrogen (secondary N) is 2. The molecule has 0 atom stereocenters. The fraction of sp³-hybridized carbons (Fsp3) is 0.263. The number of non-ortho nitro benzene ring substituents is 1. The highest BCUT2D eigenvalue weighted by Gasteiger charge is 2.12. The molecule has 2 aromatic carbocycles. The molecule has 0 radical (unpaired) electrons. The number of nitrogens with zero attached hydrogens (tertiary/aromatic N) is 1. The van der Waals surface area contributed by atoms with Crippen molar-refractivity contribution in [3.8, 4) is 11.5 Å². The van der Waals surface area contributed by atoms with Gasteiger partial charge in [0.05, 0.1) is 18.1 Å². The minimum Gasteiger partial charge on any atom is -0.490 e. The molecule has 0 bridgehead atoms. The van der Waals surface area contributed by atoms with E-state index in [4.69, 9.17) is 9.47 Å². The van der Waals surface area contributed by atoms with E-state index < -0.39 is 16.7 Å². The lowest BCUT2D eigenvalue weighted by Crippen LogP contribution is -2.41. The molecule has 0 saturated carbocycles. The molecule has 2 rings (SSSR count). The van der Waals surface area contributed by atoms with Crippen LogP contribution < -0.4 is 20.3 Å². The van der Waals surface area contributed by atoms with Crippen LogP contribution >= 0.6 is 0 Å². The summed E-state index contributed by atoms with van der Waals surface area (Å²) in [5, 5.41) is 10.7. The van der Waals surface area contributed by atoms with E-state index >= 15 is 0 Å². The number of para-hydroxylation sites is 2. The minimum absolute atomic E-state index is 0.0744. The number of ether oxygens (including phenoxy) is 2. The Hall–Kier alpha value is -3.62. The average Bonchev–Trinajstić information content (AvgIpc) is 2.70. The zero-order valence-electron chi connectivity index (χ0n) is 15.3. The summed E-state index contributed by atoms with van der Waals surface area (Å²) in [6, 6.07) is 12.5. The summed E-state index contributed by atoms with van der Waals surface area (Å²) < 4.78 is 11.1. The summed E-state index contributed by atoms with van der Waals surface area (Å²) in [4.78, 5) is 33.9. The number of rotatable bonds is 9. The highest BCUT2D eigenvalue weighted by atomic mass is 16.6. The van der Waals surface area contributed by atoms with Crippen molar-refractivity contribution in [3.05, 3.63) is 64.2 Å². The van der Waals surface area contributed by atoms with Gasteiger partial charge in [0, 0.05) is 24.1 Å². The van der Waals surface area contributed by atoms with Crippen LogP contribution in [0.5, 0.6) is 11.5 Å². The highest BCUT2D eigenvalue weighted by Crippen LogP contribution is 2.26. The van der Waals surface area contributed by atoms with Crippen molar-refractivity contribution < 1.29 is 24.0 Å². The second-order valence-corrected chi connectivity index (χ2v) is 5.64. The van der Waals surface area contributed by atoms with Crippen molar-refractivity contribution in [1.82, 2.24) is 10.9 Å². The maximum atomic E-state index is 12.0. The molecule has 9 heteroatoms. The SMILES string of the molecule is CCOc1ccccc1OCCCC(=O)NNC(=O)c1cccc([N+](=O)[O-])c1. The van der Waals surface area contributed by atoms with Crippen molar-refractivity contribution in [2.45, 2.75) is 19.8 Å². The number of hydrogen-bond acceptors (Lipinski definition) is 6. The molecule has 0 unspecified atom stereocenters. The largest absolute Gasteiger partial charge is 0.490 e. The van der Waals surface area contributed by atoms with Gasteiger partial charge in [-0.25, -0.2) is 0 Å². The Bertz CT molecular complexity index is 840. The predicted octanol–water partition coefficient (Wildman–Crippen LogP) is 2.61. The van der Waals surface area contributed by atoms with Crippen LogP contribution in [0.4, 0.5) is 5.69 Å². The first-order chi connectivity index (χ1) is 13.5. The molecule has 0 heterocycles. The van der Waals surface area contributed by atoms with Crippen molar-refractivity contribution in [2.75, 3.05) is 13.2 Å². The lowest BCUT2D eigenvalue weighted by molar-refractivity contribution is -0.384. The Balaban J connectivity index is 1.72. The van der Waals surface area contributed by atoms with Gasteiger partial charge in [-0.05, 0) is 31.5 Å². The van der Waals surface area contributed by atoms with Crippen LogP contribution in [0, 0.1) is 10.1 Å². The maximum absolute atomic E-state index is 12.0. The predicted molar refractivity (Wildman–Crippen MR) is 101 cm³/mol. The maximum Gasteiger partial charge on any atom is 0.270 e. The molecule has 2 aromatic rings. The molecule has 0 aliphatic heterocycles. The number of benzene rings is 2. The summed E-state index contributed by atoms with van der Waals surface area (Å²) in [5.74, 6) is 0.196. The van der Waals surface area contributed by atoms with Crippen molar-refractivity contribution in [2.24, 2.45) is 0 Å². The first-order valence-electron chi connectivity index (χ1n) is 8.69. The second-order valence-electron chi connectivity index (χ2n) is 5.64. The minimum atomic E-state index is -0.640. The van der Waals surface area contributed by atoms with E-state index in [1.54, 1.807) is 12.1 Å². The van der Waals surface area contributed by atoms with Crippen LogP contribution in [0.1, 0.15) is 30.1 Å². The summed E-state index contributed by atoms with van der Waals surface area (Å²) >= 11 is 0. The number of amides is 2. The third-order valence-corrected chi connectivity index (χ3v) is 3.59. The van der Waals surface area contributed by atoms with Gasteiger partial charge in [0.25, 0.3) is 11.6 Å². The van der Waals surface area contributed by atoms with Gasteiger partial charge in [-0.2, -0.15) is 0 Å². The van der Waals surface area contributed by atoms with E-state index in [1.807, 2.05) is 19.1 Å². The molecule has 0 aliphatic carbocycles. The smallest absolute Gasteiger partial charge is 0.270 e. The summed E-state index contributed by atoms with van der Waals surface area (Å²) in [7, 11) is 0. The third kappa shape index (κ3) is 6.27. The second kappa shape index (κ2) is 10.5. The fourth-order valence-corrected chi connectivity index (χ4v) is 2.28. The first kappa shape index (κ1) is 20.7. The molecule has 28 heavy (non-hydrogen) atoms. The number of nitro groups is 1. The van der Waals surface area contributed by atoms with Crippen molar-refractivity contribution in [1.29, 1.82) is 0 Å². The topological polar surface area (TPSA) is 120 Å². The standard InChI is InChI=1S/C19H21N3O6/c1-2-27-16-9-3-4-10-17(16)28-12-6-11-18(23)20-21-19(24)14-7-5-8-15(13-14)22(25)26/h3-5,7-10,13H,2,6,11-12H2,1H3,(H,20,23)(H,21,24). The van der Waals surface area contributed by atoms with E-state index in [0.29, 0.717) is 31.1 Å². The summed E-state index contributed by atoms with van der Waals surface area (Å²) in [6.07, 6.45) is 0.561. The highest BCUT2D eigenvalue weighted by molar-refractivity contribution is 5.95. The Morgan fingerprint density at radius 3 is 2.43 bits per heavy atom. The van der Waals surface area contributed by atoms with Crippen LogP contribution in [0.3, 0.4) is 0 Å². The van der Waals surface area contributed by atoms with Gasteiger partial charge in [0.1, 0.15) is 0 Å². The van der Waals surface area contributed by atoms with Crippen LogP contribution in [0.2, 0.25) is 0 Å². The number of carbonyl (C=O) groups excluding carboxylic acids is 2. The lowest BCUT2D eigenvalue weighted by atomic mass is 10.2. The normalized spacial score (nSPS) is 10.0. The van der Waals surface area contributed by atoms with Gasteiger partial charge >= 0.3 is 0 Å². The van der Waals surface area contributed by atoms with E-state index in [9.17, 15) is 19.7 Å². The molecule has 0 spiro atoms. The van der Waals surface area contributed by atoms with Gasteiger partial charge in [-0.3, -0.25) is 30.6 Å². The number of hydrogen-bond donors (Lipinski definition) is 2. The number of nitro benzene ring substituents is 1. The summed E-state index contributed by atoms with van der Waals surface area (Å²) in [5.41, 5.74) is 4.37. The van der Waals surface area contributed by atoms with E-state index in [2.05, 4.69) is 10.9 Å². The first-order valence-corrected chi connectivity index (χ1v) is 8.69. The van der Waals surface area contributed by atoms with Crippen LogP contribution in [-0.4, -0.2) is 30.0 Å². The Morgan fingerprint density at radius 2 is 1.75 bits per heavy atom. The van der Waals surface area contributed by atoms with E-state index in [1.165, 1.54) is 18.2 Å². The molecule has 0 aromatic heterocycles. The molecular weight excluding hydrogens is 366 g/mol. The molecule has 9 nitrogen and oxygen atoms in total. The quantitative estimate of drug-likeness (QED) is 0.388. The fourth-order valence-electron chi connectivity index (χ4n) is 2.28. The van der Waals surface area contributed by atoms with Gasteiger partial charge in [-0.1, -0.05) is 18.2 Å². The molecule has 0 fully saturated rings. The molecule has 2 amide bonds. The van der Waals surface area contributed by atoms with E-state index in [-0.39, 0.29) is 17.7 Å². The molecular formula is C19H21N3O6. The zero-order chi connectivity index (χ0) is 20.4. The number of carbonyl (C=O) groups is 2. The number of hydrazine groups is 1. The van der Waals surface area contributed by atoms with Crippen LogP contribution in [0.15, 0.2) is 48.5 Å². The van der Waals surface area contributed by atoms with Crippen LogP contribution in [-0.2, 0) is 4.79 Å². The Morgan fingerprint density at radius 1 is 1.04 bits per heavy atom. The monoisotopic (exact) mass is 387 g/mol. The third-order valence-electron chi connectivity index (χ3n) is 3.59. The van der Waals surface area contributed by atoms with Gasteiger partial charge in [0.2, 0.25) is 5.91 Å². The van der Waals surface area contributed by atoms with Gasteiger partial charge < -0.3 is 9.47 Å². The molecule has 0 aliphatic rings. The van der Waals surface area contributed by atoms with E-state index in [0.717, 1.165) is 6.07 Å². The molecule has 2 N–H and O–H groups in total. The lowest BCUT2D eigenvalue weighted by Gasteiger charge is -2.11. The van der Waals surface area contributed by atoms with Crippen LogP contribution in [0.25, 0.3) is 0 Å². The zero-order valence-corrected chi connectivity index (χ0v) is 15.3. The summed E-state index contributed by atoms with van der Waals surface area (Å²) in [6.45, 7) is 2.70. The Kier molecular flexibility index (Phi) is 7.77. The van der Waals surface area contributed by atoms with Gasteiger partial charge in [-0.15, -0.1) is 0 Å².